The topological polar surface area (TPSA) is 95.7 Å². The van der Waals surface area contributed by atoms with Gasteiger partial charge < -0.3 is 9.47 Å². The molecule has 0 amide bonds. The molecule has 0 radical (unpaired) electrons. The normalized spacial score (nSPS) is 11.1. The minimum Gasteiger partial charge on any atom is -0.465 e. The number of aryl methyl sites for hydroxylation is 2. The third kappa shape index (κ3) is 5.73. The van der Waals surface area contributed by atoms with Crippen LogP contribution in [-0.2, 0) is 25.6 Å². The Balaban J connectivity index is 2.24. The van der Waals surface area contributed by atoms with Gasteiger partial charge in [0, 0.05) is 24.2 Å². The zero-order chi connectivity index (χ0) is 19.8. The number of ether oxygens (including phenoxy) is 2. The minimum atomic E-state index is -1.21. The maximum absolute atomic E-state index is 12.0. The van der Waals surface area contributed by atoms with Gasteiger partial charge in [0.25, 0.3) is 0 Å². The van der Waals surface area contributed by atoms with E-state index < -0.39 is 17.9 Å². The number of aromatic nitrogens is 3. The number of hydrogen-bond acceptors (Lipinski definition) is 7. The second-order valence-corrected chi connectivity index (χ2v) is 5.87. The Labute approximate surface area is 158 Å². The summed E-state index contributed by atoms with van der Waals surface area (Å²) in [7, 11) is 0. The van der Waals surface area contributed by atoms with E-state index in [1.54, 1.807) is 30.8 Å². The zero-order valence-electron chi connectivity index (χ0n) is 16.0. The van der Waals surface area contributed by atoms with Gasteiger partial charge in [-0.05, 0) is 39.3 Å². The number of hydrogen-bond donors (Lipinski definition) is 0. The van der Waals surface area contributed by atoms with Gasteiger partial charge in [-0.3, -0.25) is 14.6 Å². The molecule has 0 saturated heterocycles. The monoisotopic (exact) mass is 372 g/mol. The van der Waals surface area contributed by atoms with Crippen molar-refractivity contribution in [1.82, 2.24) is 14.8 Å². The molecule has 0 aliphatic heterocycles. The molecule has 0 fully saturated rings. The predicted octanol–water partition coefficient (Wildman–Crippen LogP) is 2.39. The van der Waals surface area contributed by atoms with Gasteiger partial charge in [0.05, 0.1) is 25.5 Å². The quantitative estimate of drug-likeness (QED) is 0.401. The van der Waals surface area contributed by atoms with Crippen LogP contribution in [0.25, 0.3) is 0 Å². The van der Waals surface area contributed by atoms with Crippen LogP contribution in [0.15, 0.2) is 29.4 Å². The standard InChI is InChI=1S/C19H24N4O4/c1-5-26-18(24)16(19(25)27-6-2)11-21-17-9-14(4)22-23(17)12-15-8-7-13(3)20-10-15/h7-11,16H,5-6,12H2,1-4H3/b21-11+. The number of aliphatic imine (C=N–C) groups is 1. The van der Waals surface area contributed by atoms with Crippen LogP contribution >= 0.6 is 0 Å². The Morgan fingerprint density at radius 3 is 2.37 bits per heavy atom. The van der Waals surface area contributed by atoms with E-state index in [4.69, 9.17) is 9.47 Å². The summed E-state index contributed by atoms with van der Waals surface area (Å²) in [5.41, 5.74) is 2.67. The number of esters is 2. The van der Waals surface area contributed by atoms with E-state index in [0.717, 1.165) is 17.0 Å². The van der Waals surface area contributed by atoms with Gasteiger partial charge in [-0.2, -0.15) is 5.10 Å². The number of rotatable bonds is 8. The lowest BCUT2D eigenvalue weighted by Gasteiger charge is -2.10. The largest absolute Gasteiger partial charge is 0.465 e. The third-order valence-corrected chi connectivity index (χ3v) is 3.62. The number of carbonyl (C=O) groups excluding carboxylic acids is 2. The molecule has 27 heavy (non-hydrogen) atoms. The average molecular weight is 372 g/mol. The van der Waals surface area contributed by atoms with Gasteiger partial charge in [0.2, 0.25) is 0 Å². The Bertz CT molecular complexity index is 794. The molecule has 0 unspecified atom stereocenters. The molecule has 2 heterocycles. The fourth-order valence-corrected chi connectivity index (χ4v) is 2.35. The first-order valence-corrected chi connectivity index (χ1v) is 8.78. The minimum absolute atomic E-state index is 0.167. The lowest BCUT2D eigenvalue weighted by atomic mass is 10.2. The highest BCUT2D eigenvalue weighted by Gasteiger charge is 2.28. The first kappa shape index (κ1) is 20.3. The van der Waals surface area contributed by atoms with E-state index in [2.05, 4.69) is 15.1 Å². The van der Waals surface area contributed by atoms with E-state index in [1.807, 2.05) is 26.0 Å². The maximum atomic E-state index is 12.0. The van der Waals surface area contributed by atoms with Crippen LogP contribution in [0.3, 0.4) is 0 Å². The average Bonchev–Trinajstić information content (AvgIpc) is 2.97. The van der Waals surface area contributed by atoms with Gasteiger partial charge in [0.15, 0.2) is 11.7 Å². The van der Waals surface area contributed by atoms with Crippen molar-refractivity contribution in [3.63, 3.8) is 0 Å². The molecule has 2 aromatic rings. The maximum Gasteiger partial charge on any atom is 0.325 e. The Hall–Kier alpha value is -3.03. The Morgan fingerprint density at radius 2 is 1.81 bits per heavy atom. The van der Waals surface area contributed by atoms with Gasteiger partial charge in [-0.25, -0.2) is 9.67 Å². The second-order valence-electron chi connectivity index (χ2n) is 5.87. The third-order valence-electron chi connectivity index (χ3n) is 3.62. The highest BCUT2D eigenvalue weighted by molar-refractivity contribution is 6.09. The summed E-state index contributed by atoms with van der Waals surface area (Å²) in [4.78, 5) is 32.7. The van der Waals surface area contributed by atoms with Crippen molar-refractivity contribution < 1.29 is 19.1 Å². The van der Waals surface area contributed by atoms with Crippen LogP contribution < -0.4 is 0 Å². The molecule has 2 rings (SSSR count). The van der Waals surface area contributed by atoms with Crippen LogP contribution in [0.4, 0.5) is 5.82 Å². The highest BCUT2D eigenvalue weighted by atomic mass is 16.6. The van der Waals surface area contributed by atoms with Gasteiger partial charge >= 0.3 is 11.9 Å². The van der Waals surface area contributed by atoms with Crippen molar-refractivity contribution in [2.45, 2.75) is 34.2 Å². The highest BCUT2D eigenvalue weighted by Crippen LogP contribution is 2.17. The van der Waals surface area contributed by atoms with Crippen LogP contribution in [-0.4, -0.2) is 46.1 Å². The van der Waals surface area contributed by atoms with Crippen LogP contribution in [0.5, 0.6) is 0 Å². The van der Waals surface area contributed by atoms with E-state index in [9.17, 15) is 9.59 Å². The molecule has 0 N–H and O–H groups in total. The van der Waals surface area contributed by atoms with Gasteiger partial charge in [-0.1, -0.05) is 6.07 Å². The van der Waals surface area contributed by atoms with Crippen molar-refractivity contribution in [2.75, 3.05) is 13.2 Å². The van der Waals surface area contributed by atoms with E-state index >= 15 is 0 Å². The summed E-state index contributed by atoms with van der Waals surface area (Å²) in [6.07, 6.45) is 3.02. The lowest BCUT2D eigenvalue weighted by Crippen LogP contribution is -2.29. The zero-order valence-corrected chi connectivity index (χ0v) is 16.0. The summed E-state index contributed by atoms with van der Waals surface area (Å²) in [5.74, 6) is -2.07. The molecule has 0 aromatic carbocycles. The molecule has 8 nitrogen and oxygen atoms in total. The number of nitrogens with zero attached hydrogens (tertiary/aromatic N) is 4. The molecule has 0 aliphatic carbocycles. The van der Waals surface area contributed by atoms with E-state index in [0.29, 0.717) is 12.4 Å². The van der Waals surface area contributed by atoms with Gasteiger partial charge in [-0.15, -0.1) is 0 Å². The summed E-state index contributed by atoms with van der Waals surface area (Å²) in [6.45, 7) is 7.91. The fraction of sp³-hybridized carbons (Fsp3) is 0.421. The molecular weight excluding hydrogens is 348 g/mol. The molecule has 0 aliphatic rings. The van der Waals surface area contributed by atoms with Gasteiger partial charge in [0.1, 0.15) is 0 Å². The second kappa shape index (κ2) is 9.61. The van der Waals surface area contributed by atoms with E-state index in [1.165, 1.54) is 6.21 Å². The smallest absolute Gasteiger partial charge is 0.325 e. The molecule has 0 spiro atoms. The molecular formula is C19H24N4O4. The Kier molecular flexibility index (Phi) is 7.22. The molecule has 8 heteroatoms. The van der Waals surface area contributed by atoms with Crippen molar-refractivity contribution >= 4 is 24.0 Å². The summed E-state index contributed by atoms with van der Waals surface area (Å²) in [6, 6.07) is 5.66. The molecule has 0 atom stereocenters. The molecule has 0 bridgehead atoms. The first-order chi connectivity index (χ1) is 12.9. The Morgan fingerprint density at radius 1 is 1.15 bits per heavy atom. The van der Waals surface area contributed by atoms with E-state index in [-0.39, 0.29) is 13.2 Å². The van der Waals surface area contributed by atoms with Crippen molar-refractivity contribution in [3.8, 4) is 0 Å². The number of pyridine rings is 1. The first-order valence-electron chi connectivity index (χ1n) is 8.78. The molecule has 144 valence electrons. The summed E-state index contributed by atoms with van der Waals surface area (Å²) >= 11 is 0. The fourth-order valence-electron chi connectivity index (χ4n) is 2.35. The molecule has 2 aromatic heterocycles. The molecule has 0 saturated carbocycles. The SMILES string of the molecule is CCOC(=O)C(/C=N/c1cc(C)nn1Cc1ccc(C)nc1)C(=O)OCC. The van der Waals surface area contributed by atoms with Crippen LogP contribution in [0, 0.1) is 19.8 Å². The summed E-state index contributed by atoms with van der Waals surface area (Å²) in [5, 5.41) is 4.41. The van der Waals surface area contributed by atoms with Crippen molar-refractivity contribution in [3.05, 3.63) is 41.3 Å². The van der Waals surface area contributed by atoms with Crippen LogP contribution in [0.1, 0.15) is 30.8 Å². The summed E-state index contributed by atoms with van der Waals surface area (Å²) < 4.78 is 11.6. The lowest BCUT2D eigenvalue weighted by molar-refractivity contribution is -0.157. The number of carbonyl (C=O) groups is 2. The van der Waals surface area contributed by atoms with Crippen molar-refractivity contribution in [2.24, 2.45) is 10.9 Å². The predicted molar refractivity (Wildman–Crippen MR) is 99.9 cm³/mol. The van der Waals surface area contributed by atoms with Crippen LogP contribution in [0.2, 0.25) is 0 Å². The van der Waals surface area contributed by atoms with Crippen molar-refractivity contribution in [1.29, 1.82) is 0 Å².